The van der Waals surface area contributed by atoms with Gasteiger partial charge in [-0.15, -0.1) is 0 Å². The second-order valence-electron chi connectivity index (χ2n) is 7.02. The third-order valence-corrected chi connectivity index (χ3v) is 5.32. The number of hydrogen-bond donors (Lipinski definition) is 1. The van der Waals surface area contributed by atoms with Crippen LogP contribution in [0.4, 0.5) is 0 Å². The molecule has 0 spiro atoms. The van der Waals surface area contributed by atoms with E-state index in [4.69, 9.17) is 11.6 Å². The van der Waals surface area contributed by atoms with Crippen LogP contribution < -0.4 is 0 Å². The molecule has 0 radical (unpaired) electrons. The average molecular weight is 363 g/mol. The Morgan fingerprint density at radius 3 is 2.84 bits per heavy atom. The summed E-state index contributed by atoms with van der Waals surface area (Å²) in [6, 6.07) is 7.70. The fraction of sp³-hybridized carbons (Fsp3) is 0.526. The lowest BCUT2D eigenvalue weighted by Gasteiger charge is -2.22. The SMILES string of the molecule is CCN(C)C[C@@H]1CN(Cc2cnn(-c3cccc(Cl)c3)c2)C[C@@H]1CO. The molecular weight excluding hydrogens is 336 g/mol. The van der Waals surface area contributed by atoms with E-state index < -0.39 is 0 Å². The summed E-state index contributed by atoms with van der Waals surface area (Å²) in [6.45, 7) is 7.36. The molecule has 3 rings (SSSR count). The van der Waals surface area contributed by atoms with Crippen molar-refractivity contribution in [3.05, 3.63) is 47.2 Å². The predicted octanol–water partition coefficient (Wildman–Crippen LogP) is 2.52. The highest BCUT2D eigenvalue weighted by Gasteiger charge is 2.32. The minimum atomic E-state index is 0.264. The van der Waals surface area contributed by atoms with Crippen molar-refractivity contribution < 1.29 is 5.11 Å². The van der Waals surface area contributed by atoms with Gasteiger partial charge in [0.25, 0.3) is 0 Å². The van der Waals surface area contributed by atoms with Crippen LogP contribution in [0.15, 0.2) is 36.7 Å². The van der Waals surface area contributed by atoms with Crippen molar-refractivity contribution in [2.24, 2.45) is 11.8 Å². The molecule has 1 saturated heterocycles. The lowest BCUT2D eigenvalue weighted by atomic mass is 9.96. The van der Waals surface area contributed by atoms with Crippen LogP contribution in [0.1, 0.15) is 12.5 Å². The van der Waals surface area contributed by atoms with Gasteiger partial charge in [0.15, 0.2) is 0 Å². The maximum Gasteiger partial charge on any atom is 0.0660 e. The molecule has 0 amide bonds. The van der Waals surface area contributed by atoms with E-state index in [1.54, 1.807) is 0 Å². The maximum atomic E-state index is 9.71. The average Bonchev–Trinajstić information content (AvgIpc) is 3.22. The van der Waals surface area contributed by atoms with Gasteiger partial charge in [-0.25, -0.2) is 4.68 Å². The topological polar surface area (TPSA) is 44.5 Å². The first-order valence-corrected chi connectivity index (χ1v) is 9.28. The first-order valence-electron chi connectivity index (χ1n) is 8.90. The van der Waals surface area contributed by atoms with Crippen molar-refractivity contribution in [3.63, 3.8) is 0 Å². The number of aliphatic hydroxyl groups excluding tert-OH is 1. The Morgan fingerprint density at radius 1 is 1.32 bits per heavy atom. The molecule has 2 aromatic rings. The van der Waals surface area contributed by atoms with Crippen molar-refractivity contribution in [1.82, 2.24) is 19.6 Å². The first-order chi connectivity index (χ1) is 12.1. The van der Waals surface area contributed by atoms with E-state index in [2.05, 4.69) is 35.1 Å². The van der Waals surface area contributed by atoms with Gasteiger partial charge in [0.2, 0.25) is 0 Å². The van der Waals surface area contributed by atoms with E-state index in [-0.39, 0.29) is 6.61 Å². The van der Waals surface area contributed by atoms with Gasteiger partial charge in [-0.05, 0) is 43.6 Å². The first kappa shape index (κ1) is 18.4. The number of aliphatic hydroxyl groups is 1. The second kappa shape index (κ2) is 8.32. The fourth-order valence-corrected chi connectivity index (χ4v) is 3.75. The summed E-state index contributed by atoms with van der Waals surface area (Å²) in [5.74, 6) is 0.884. The van der Waals surface area contributed by atoms with Crippen molar-refractivity contribution in [2.75, 3.05) is 39.8 Å². The molecule has 1 aromatic heterocycles. The van der Waals surface area contributed by atoms with E-state index in [0.29, 0.717) is 16.9 Å². The zero-order valence-corrected chi connectivity index (χ0v) is 15.7. The summed E-state index contributed by atoms with van der Waals surface area (Å²) in [4.78, 5) is 4.75. The van der Waals surface area contributed by atoms with E-state index in [1.165, 1.54) is 5.56 Å². The number of hydrogen-bond acceptors (Lipinski definition) is 4. The number of likely N-dealkylation sites (tertiary alicyclic amines) is 1. The third kappa shape index (κ3) is 4.61. The zero-order chi connectivity index (χ0) is 17.8. The summed E-state index contributed by atoms with van der Waals surface area (Å²) in [6.07, 6.45) is 3.98. The minimum Gasteiger partial charge on any atom is -0.396 e. The Balaban J connectivity index is 1.63. The van der Waals surface area contributed by atoms with Crippen molar-refractivity contribution in [3.8, 4) is 5.69 Å². The van der Waals surface area contributed by atoms with Crippen LogP contribution in [0.25, 0.3) is 5.69 Å². The van der Waals surface area contributed by atoms with E-state index in [1.807, 2.05) is 35.1 Å². The van der Waals surface area contributed by atoms with Crippen LogP contribution in [-0.4, -0.2) is 64.5 Å². The summed E-state index contributed by atoms with van der Waals surface area (Å²) in [5, 5.41) is 14.9. The van der Waals surface area contributed by atoms with Gasteiger partial charge in [0.05, 0.1) is 11.9 Å². The van der Waals surface area contributed by atoms with E-state index >= 15 is 0 Å². The predicted molar refractivity (Wildman–Crippen MR) is 101 cm³/mol. The lowest BCUT2D eigenvalue weighted by Crippen LogP contribution is -2.31. The number of benzene rings is 1. The van der Waals surface area contributed by atoms with Gasteiger partial charge in [-0.3, -0.25) is 4.90 Å². The molecule has 1 fully saturated rings. The van der Waals surface area contributed by atoms with Gasteiger partial charge >= 0.3 is 0 Å². The van der Waals surface area contributed by atoms with Gasteiger partial charge in [-0.1, -0.05) is 24.6 Å². The van der Waals surface area contributed by atoms with Crippen LogP contribution in [0.2, 0.25) is 5.02 Å². The lowest BCUT2D eigenvalue weighted by molar-refractivity contribution is 0.177. The van der Waals surface area contributed by atoms with Crippen LogP contribution >= 0.6 is 11.6 Å². The summed E-state index contributed by atoms with van der Waals surface area (Å²) in [5.41, 5.74) is 2.15. The number of nitrogens with zero attached hydrogens (tertiary/aromatic N) is 4. The normalized spacial score (nSPS) is 21.3. The quantitative estimate of drug-likeness (QED) is 0.822. The Hall–Kier alpha value is -1.40. The molecule has 1 aromatic carbocycles. The smallest absolute Gasteiger partial charge is 0.0660 e. The largest absolute Gasteiger partial charge is 0.396 e. The highest BCUT2D eigenvalue weighted by atomic mass is 35.5. The molecule has 0 unspecified atom stereocenters. The molecule has 2 atom stereocenters. The maximum absolute atomic E-state index is 9.71. The Labute approximate surface area is 154 Å². The Morgan fingerprint density at radius 2 is 2.12 bits per heavy atom. The number of aromatic nitrogens is 2. The molecule has 0 saturated carbocycles. The van der Waals surface area contributed by atoms with Gasteiger partial charge in [-0.2, -0.15) is 5.10 Å². The van der Waals surface area contributed by atoms with Crippen LogP contribution in [0, 0.1) is 11.8 Å². The van der Waals surface area contributed by atoms with E-state index in [9.17, 15) is 5.11 Å². The molecule has 1 aliphatic heterocycles. The molecule has 0 bridgehead atoms. The molecule has 25 heavy (non-hydrogen) atoms. The molecule has 0 aliphatic carbocycles. The highest BCUT2D eigenvalue weighted by molar-refractivity contribution is 6.30. The van der Waals surface area contributed by atoms with Crippen LogP contribution in [-0.2, 0) is 6.54 Å². The number of halogens is 1. The monoisotopic (exact) mass is 362 g/mol. The molecule has 136 valence electrons. The summed E-state index contributed by atoms with van der Waals surface area (Å²) >= 11 is 6.06. The highest BCUT2D eigenvalue weighted by Crippen LogP contribution is 2.25. The molecule has 6 heteroatoms. The molecule has 1 N–H and O–H groups in total. The second-order valence-corrected chi connectivity index (χ2v) is 7.46. The van der Waals surface area contributed by atoms with Gasteiger partial charge < -0.3 is 10.0 Å². The molecule has 2 heterocycles. The molecule has 5 nitrogen and oxygen atoms in total. The van der Waals surface area contributed by atoms with Crippen LogP contribution in [0.5, 0.6) is 0 Å². The standard InChI is InChI=1S/C19H27ClN4O/c1-3-22(2)11-16-12-23(13-17(16)14-25)9-15-8-21-24(10-15)19-6-4-5-18(20)7-19/h4-8,10,16-17,25H,3,9,11-14H2,1-2H3/t16-,17-/m1/s1. The Bertz CT molecular complexity index is 690. The van der Waals surface area contributed by atoms with Crippen molar-refractivity contribution in [1.29, 1.82) is 0 Å². The molecule has 1 aliphatic rings. The van der Waals surface area contributed by atoms with Crippen LogP contribution in [0.3, 0.4) is 0 Å². The van der Waals surface area contributed by atoms with Crippen molar-refractivity contribution in [2.45, 2.75) is 13.5 Å². The summed E-state index contributed by atoms with van der Waals surface area (Å²) < 4.78 is 1.86. The van der Waals surface area contributed by atoms with Gasteiger partial charge in [0.1, 0.15) is 0 Å². The summed E-state index contributed by atoms with van der Waals surface area (Å²) in [7, 11) is 2.14. The van der Waals surface area contributed by atoms with Gasteiger partial charge in [0, 0.05) is 49.6 Å². The Kier molecular flexibility index (Phi) is 6.12. The number of rotatable bonds is 7. The van der Waals surface area contributed by atoms with E-state index in [0.717, 1.165) is 38.4 Å². The zero-order valence-electron chi connectivity index (χ0n) is 15.0. The minimum absolute atomic E-state index is 0.264. The third-order valence-electron chi connectivity index (χ3n) is 5.09. The fourth-order valence-electron chi connectivity index (χ4n) is 3.57. The van der Waals surface area contributed by atoms with Crippen molar-refractivity contribution >= 4 is 11.6 Å². The molecular formula is C19H27ClN4O.